The number of benzene rings is 1. The lowest BCUT2D eigenvalue weighted by Crippen LogP contribution is -2.22. The van der Waals surface area contributed by atoms with Crippen LogP contribution in [0.2, 0.25) is 0 Å². The van der Waals surface area contributed by atoms with Crippen molar-refractivity contribution in [2.45, 2.75) is 37.2 Å². The van der Waals surface area contributed by atoms with E-state index in [2.05, 4.69) is 9.97 Å². The number of hydrogen-bond donors (Lipinski definition) is 1. The number of fused-ring (bicyclic) bond motifs is 2. The van der Waals surface area contributed by atoms with Crippen molar-refractivity contribution in [3.63, 3.8) is 0 Å². The van der Waals surface area contributed by atoms with Crippen LogP contribution in [0.25, 0.3) is 11.0 Å². The van der Waals surface area contributed by atoms with Gasteiger partial charge in [-0.2, -0.15) is 0 Å². The fraction of sp³-hybridized carbons (Fsp3) is 0.556. The van der Waals surface area contributed by atoms with E-state index >= 15 is 0 Å². The molecule has 4 rings (SSSR count). The van der Waals surface area contributed by atoms with Crippen LogP contribution in [0.15, 0.2) is 23.1 Å². The summed E-state index contributed by atoms with van der Waals surface area (Å²) in [6.07, 6.45) is 4.70. The maximum atomic E-state index is 12.3. The van der Waals surface area contributed by atoms with Gasteiger partial charge >= 0.3 is 5.97 Å². The third-order valence-electron chi connectivity index (χ3n) is 5.56. The molecule has 26 heavy (non-hydrogen) atoms. The zero-order chi connectivity index (χ0) is 18.5. The minimum absolute atomic E-state index is 0.0683. The van der Waals surface area contributed by atoms with Gasteiger partial charge in [-0.1, -0.05) is 12.8 Å². The van der Waals surface area contributed by atoms with Crippen molar-refractivity contribution in [2.75, 3.05) is 14.1 Å². The third-order valence-corrected chi connectivity index (χ3v) is 7.37. The zero-order valence-corrected chi connectivity index (χ0v) is 15.8. The van der Waals surface area contributed by atoms with Crippen LogP contribution in [0, 0.1) is 17.8 Å². The summed E-state index contributed by atoms with van der Waals surface area (Å²) in [7, 11) is -0.514. The molecule has 2 aliphatic rings. The number of esters is 1. The minimum Gasteiger partial charge on any atom is -0.457 e. The maximum Gasteiger partial charge on any atom is 0.309 e. The summed E-state index contributed by atoms with van der Waals surface area (Å²) in [4.78, 5) is 19.9. The van der Waals surface area contributed by atoms with Gasteiger partial charge in [0.2, 0.25) is 10.0 Å². The maximum absolute atomic E-state index is 12.3. The number of hydrogen-bond acceptors (Lipinski definition) is 5. The second-order valence-electron chi connectivity index (χ2n) is 7.40. The summed E-state index contributed by atoms with van der Waals surface area (Å²) in [5.74, 6) is 1.50. The summed E-state index contributed by atoms with van der Waals surface area (Å²) in [6.45, 7) is 0.0826. The van der Waals surface area contributed by atoms with Crippen LogP contribution in [-0.2, 0) is 26.2 Å². The number of rotatable bonds is 5. The zero-order valence-electron chi connectivity index (χ0n) is 14.9. The quantitative estimate of drug-likeness (QED) is 0.807. The molecule has 2 aromatic rings. The predicted octanol–water partition coefficient (Wildman–Crippen LogP) is 2.29. The average molecular weight is 377 g/mol. The molecule has 7 nitrogen and oxygen atoms in total. The molecule has 0 amide bonds. The Morgan fingerprint density at radius 1 is 1.27 bits per heavy atom. The molecular formula is C18H23N3O4S. The second-order valence-corrected chi connectivity index (χ2v) is 9.55. The molecule has 1 heterocycles. The van der Waals surface area contributed by atoms with Crippen LogP contribution in [0.3, 0.4) is 0 Å². The number of aromatic nitrogens is 2. The van der Waals surface area contributed by atoms with Crippen molar-refractivity contribution in [2.24, 2.45) is 17.8 Å². The van der Waals surface area contributed by atoms with Crippen LogP contribution in [0.1, 0.15) is 31.5 Å². The number of sulfonamides is 1. The molecule has 8 heteroatoms. The number of H-pyrrole nitrogens is 1. The Labute approximate surface area is 152 Å². The fourth-order valence-corrected chi connectivity index (χ4v) is 4.99. The predicted molar refractivity (Wildman–Crippen MR) is 95.7 cm³/mol. The van der Waals surface area contributed by atoms with Crippen molar-refractivity contribution in [1.29, 1.82) is 0 Å². The smallest absolute Gasteiger partial charge is 0.309 e. The summed E-state index contributed by atoms with van der Waals surface area (Å²) < 4.78 is 31.1. The minimum atomic E-state index is -3.50. The van der Waals surface area contributed by atoms with E-state index in [-0.39, 0.29) is 23.4 Å². The van der Waals surface area contributed by atoms with Gasteiger partial charge in [0.25, 0.3) is 0 Å². The number of imidazole rings is 1. The molecule has 0 aliphatic heterocycles. The average Bonchev–Trinajstić information content (AvgIpc) is 3.20. The van der Waals surface area contributed by atoms with Gasteiger partial charge in [-0.15, -0.1) is 0 Å². The first-order chi connectivity index (χ1) is 12.4. The monoisotopic (exact) mass is 377 g/mol. The lowest BCUT2D eigenvalue weighted by Gasteiger charge is -2.10. The van der Waals surface area contributed by atoms with Gasteiger partial charge in [0.1, 0.15) is 12.4 Å². The van der Waals surface area contributed by atoms with Crippen LogP contribution >= 0.6 is 0 Å². The van der Waals surface area contributed by atoms with Crippen LogP contribution in [-0.4, -0.2) is 42.8 Å². The lowest BCUT2D eigenvalue weighted by molar-refractivity contribution is -0.147. The number of carbonyl (C=O) groups is 1. The van der Waals surface area contributed by atoms with Gasteiger partial charge in [-0.25, -0.2) is 17.7 Å². The highest BCUT2D eigenvalue weighted by Crippen LogP contribution is 2.55. The molecule has 0 unspecified atom stereocenters. The summed E-state index contributed by atoms with van der Waals surface area (Å²) in [5, 5.41) is 0. The number of nitrogens with one attached hydrogen (secondary N) is 1. The molecule has 140 valence electrons. The van der Waals surface area contributed by atoms with E-state index in [9.17, 15) is 13.2 Å². The standard InChI is InChI=1S/C18H23N3O4S/c1-21(2)26(23,24)11-7-8-14-15(9-11)20-16(19-14)10-25-18(22)17-12-5-3-4-6-13(12)17/h7-9,12-13,17H,3-6,10H2,1-2H3,(H,19,20)/t12-,13-/m0/s1. The van der Waals surface area contributed by atoms with Crippen LogP contribution in [0.4, 0.5) is 0 Å². The highest BCUT2D eigenvalue weighted by molar-refractivity contribution is 7.89. The number of carbonyl (C=O) groups excluding carboxylic acids is 1. The summed E-state index contributed by atoms with van der Waals surface area (Å²) in [5.41, 5.74) is 1.26. The van der Waals surface area contributed by atoms with Gasteiger partial charge < -0.3 is 9.72 Å². The topological polar surface area (TPSA) is 92.4 Å². The lowest BCUT2D eigenvalue weighted by atomic mass is 10.0. The molecule has 2 aliphatic carbocycles. The molecule has 1 aromatic carbocycles. The van der Waals surface area contributed by atoms with E-state index in [4.69, 9.17) is 4.74 Å². The van der Waals surface area contributed by atoms with Crippen molar-refractivity contribution in [3.8, 4) is 0 Å². The van der Waals surface area contributed by atoms with E-state index in [1.165, 1.54) is 37.3 Å². The Morgan fingerprint density at radius 2 is 1.96 bits per heavy atom. The molecule has 2 fully saturated rings. The number of nitrogens with zero attached hydrogens (tertiary/aromatic N) is 2. The summed E-state index contributed by atoms with van der Waals surface area (Å²) in [6, 6.07) is 4.74. The Hall–Kier alpha value is -1.93. The molecule has 0 radical (unpaired) electrons. The molecule has 0 spiro atoms. The van der Waals surface area contributed by atoms with Crippen molar-refractivity contribution in [1.82, 2.24) is 14.3 Å². The number of ether oxygens (including phenoxy) is 1. The van der Waals surface area contributed by atoms with E-state index in [0.717, 1.165) is 12.8 Å². The van der Waals surface area contributed by atoms with E-state index in [1.807, 2.05) is 0 Å². The fourth-order valence-electron chi connectivity index (χ4n) is 4.06. The van der Waals surface area contributed by atoms with E-state index < -0.39 is 10.0 Å². The van der Waals surface area contributed by atoms with Crippen LogP contribution in [0.5, 0.6) is 0 Å². The Bertz CT molecular complexity index is 938. The Balaban J connectivity index is 1.45. The third kappa shape index (κ3) is 3.01. The highest BCUT2D eigenvalue weighted by Gasteiger charge is 2.55. The van der Waals surface area contributed by atoms with Crippen molar-refractivity contribution >= 4 is 27.0 Å². The van der Waals surface area contributed by atoms with Gasteiger partial charge in [-0.05, 0) is 42.9 Å². The van der Waals surface area contributed by atoms with E-state index in [1.54, 1.807) is 12.1 Å². The highest BCUT2D eigenvalue weighted by atomic mass is 32.2. The van der Waals surface area contributed by atoms with Gasteiger partial charge in [-0.3, -0.25) is 4.79 Å². The van der Waals surface area contributed by atoms with Crippen molar-refractivity contribution < 1.29 is 17.9 Å². The second kappa shape index (κ2) is 6.35. The SMILES string of the molecule is CN(C)S(=O)(=O)c1ccc2nc(COC(=O)C3[C@H]4CCCC[C@H]34)[nH]c2c1. The summed E-state index contributed by atoms with van der Waals surface area (Å²) >= 11 is 0. The first kappa shape index (κ1) is 17.5. The molecule has 1 N–H and O–H groups in total. The first-order valence-corrected chi connectivity index (χ1v) is 10.4. The normalized spacial score (nSPS) is 25.3. The Morgan fingerprint density at radius 3 is 2.62 bits per heavy atom. The molecule has 0 bridgehead atoms. The molecular weight excluding hydrogens is 354 g/mol. The van der Waals surface area contributed by atoms with Gasteiger partial charge in [0.15, 0.2) is 0 Å². The van der Waals surface area contributed by atoms with Gasteiger partial charge in [0, 0.05) is 14.1 Å². The Kier molecular flexibility index (Phi) is 4.27. The van der Waals surface area contributed by atoms with E-state index in [0.29, 0.717) is 28.7 Å². The molecule has 1 aromatic heterocycles. The molecule has 0 saturated heterocycles. The van der Waals surface area contributed by atoms with Gasteiger partial charge in [0.05, 0.1) is 21.8 Å². The molecule has 2 atom stereocenters. The van der Waals surface area contributed by atoms with Crippen LogP contribution < -0.4 is 0 Å². The number of aromatic amines is 1. The first-order valence-electron chi connectivity index (χ1n) is 8.96. The molecule has 2 saturated carbocycles. The van der Waals surface area contributed by atoms with Crippen molar-refractivity contribution in [3.05, 3.63) is 24.0 Å². The largest absolute Gasteiger partial charge is 0.457 e.